The van der Waals surface area contributed by atoms with Gasteiger partial charge < -0.3 is 14.6 Å². The van der Waals surface area contributed by atoms with E-state index in [0.717, 1.165) is 5.56 Å². The third-order valence-corrected chi connectivity index (χ3v) is 2.76. The minimum Gasteiger partial charge on any atom is -0.465 e. The fourth-order valence-corrected chi connectivity index (χ4v) is 1.81. The van der Waals surface area contributed by atoms with Crippen LogP contribution in [0, 0.1) is 5.82 Å². The van der Waals surface area contributed by atoms with Gasteiger partial charge in [0, 0.05) is 26.0 Å². The molecule has 0 atom stereocenters. The van der Waals surface area contributed by atoms with Crippen molar-refractivity contribution in [2.45, 2.75) is 6.54 Å². The molecule has 0 aliphatic carbocycles. The number of carbonyl (C=O) groups is 1. The largest absolute Gasteiger partial charge is 0.465 e. The molecule has 19 heavy (non-hydrogen) atoms. The number of carbonyl (C=O) groups excluding carboxylic acids is 1. The molecular weight excluding hydrogens is 247 g/mol. The van der Waals surface area contributed by atoms with Crippen LogP contribution in [0.1, 0.15) is 15.9 Å². The molecular formula is C14H15FN2O2. The van der Waals surface area contributed by atoms with Crippen molar-refractivity contribution in [1.29, 1.82) is 0 Å². The number of anilines is 1. The van der Waals surface area contributed by atoms with Gasteiger partial charge in [-0.25, -0.2) is 9.18 Å². The Labute approximate surface area is 110 Å². The van der Waals surface area contributed by atoms with Crippen molar-refractivity contribution in [3.63, 3.8) is 0 Å². The highest BCUT2D eigenvalue weighted by molar-refractivity contribution is 5.95. The Bertz CT molecular complexity index is 593. The molecule has 1 aromatic heterocycles. The summed E-state index contributed by atoms with van der Waals surface area (Å²) in [6.07, 6.45) is 3.87. The van der Waals surface area contributed by atoms with E-state index in [1.54, 1.807) is 0 Å². The van der Waals surface area contributed by atoms with Crippen LogP contribution in [-0.4, -0.2) is 17.6 Å². The molecule has 0 spiro atoms. The fraction of sp³-hybridized carbons (Fsp3) is 0.214. The third-order valence-electron chi connectivity index (χ3n) is 2.76. The third kappa shape index (κ3) is 3.13. The summed E-state index contributed by atoms with van der Waals surface area (Å²) in [5.74, 6) is -0.890. The van der Waals surface area contributed by atoms with Crippen LogP contribution in [0.2, 0.25) is 0 Å². The Kier molecular flexibility index (Phi) is 3.85. The molecule has 0 unspecified atom stereocenters. The van der Waals surface area contributed by atoms with Crippen molar-refractivity contribution >= 4 is 11.7 Å². The van der Waals surface area contributed by atoms with Crippen molar-refractivity contribution in [3.8, 4) is 0 Å². The number of ether oxygens (including phenoxy) is 1. The second-order valence-electron chi connectivity index (χ2n) is 4.22. The second kappa shape index (κ2) is 5.56. The second-order valence-corrected chi connectivity index (χ2v) is 4.22. The molecule has 0 fully saturated rings. The number of hydrogen-bond donors (Lipinski definition) is 1. The molecule has 0 aliphatic heterocycles. The van der Waals surface area contributed by atoms with Gasteiger partial charge in [0.2, 0.25) is 0 Å². The van der Waals surface area contributed by atoms with E-state index in [9.17, 15) is 9.18 Å². The maximum Gasteiger partial charge on any atom is 0.339 e. The predicted octanol–water partition coefficient (Wildman–Crippen LogP) is 2.56. The summed E-state index contributed by atoms with van der Waals surface area (Å²) >= 11 is 0. The molecule has 100 valence electrons. The number of esters is 1. The molecule has 1 N–H and O–H groups in total. The van der Waals surface area contributed by atoms with Crippen LogP contribution in [0.4, 0.5) is 10.1 Å². The molecule has 4 nitrogen and oxygen atoms in total. The molecule has 1 aromatic carbocycles. The Balaban J connectivity index is 2.18. The number of rotatable bonds is 4. The minimum atomic E-state index is -0.490. The highest BCUT2D eigenvalue weighted by Gasteiger charge is 2.12. The maximum absolute atomic E-state index is 13.2. The van der Waals surface area contributed by atoms with E-state index in [1.807, 2.05) is 30.1 Å². The van der Waals surface area contributed by atoms with Crippen LogP contribution in [0.3, 0.4) is 0 Å². The lowest BCUT2D eigenvalue weighted by Crippen LogP contribution is -2.08. The van der Waals surface area contributed by atoms with Crippen LogP contribution < -0.4 is 5.32 Å². The summed E-state index contributed by atoms with van der Waals surface area (Å²) in [5, 5.41) is 3.04. The fourth-order valence-electron chi connectivity index (χ4n) is 1.81. The quantitative estimate of drug-likeness (QED) is 0.861. The van der Waals surface area contributed by atoms with Crippen molar-refractivity contribution in [1.82, 2.24) is 4.57 Å². The number of nitrogens with zero attached hydrogens (tertiary/aromatic N) is 1. The van der Waals surface area contributed by atoms with E-state index < -0.39 is 11.8 Å². The van der Waals surface area contributed by atoms with E-state index in [-0.39, 0.29) is 0 Å². The number of halogens is 1. The lowest BCUT2D eigenvalue weighted by atomic mass is 10.1. The zero-order valence-electron chi connectivity index (χ0n) is 10.8. The zero-order valence-corrected chi connectivity index (χ0v) is 10.8. The molecule has 0 bridgehead atoms. The van der Waals surface area contributed by atoms with Crippen molar-refractivity contribution in [2.75, 3.05) is 12.4 Å². The van der Waals surface area contributed by atoms with Gasteiger partial charge in [0.25, 0.3) is 0 Å². The van der Waals surface area contributed by atoms with Gasteiger partial charge in [0.1, 0.15) is 5.82 Å². The molecule has 5 heteroatoms. The topological polar surface area (TPSA) is 43.3 Å². The average Bonchev–Trinajstić information content (AvgIpc) is 2.81. The summed E-state index contributed by atoms with van der Waals surface area (Å²) in [6.45, 7) is 0.508. The lowest BCUT2D eigenvalue weighted by Gasteiger charge is -2.10. The first-order chi connectivity index (χ1) is 9.10. The summed E-state index contributed by atoms with van der Waals surface area (Å²) in [7, 11) is 3.22. The lowest BCUT2D eigenvalue weighted by molar-refractivity contribution is 0.0602. The molecule has 0 radical (unpaired) electrons. The molecule has 0 aliphatic rings. The van der Waals surface area contributed by atoms with E-state index in [1.165, 1.54) is 25.3 Å². The van der Waals surface area contributed by atoms with E-state index in [0.29, 0.717) is 17.8 Å². The van der Waals surface area contributed by atoms with Crippen LogP contribution in [0.5, 0.6) is 0 Å². The molecule has 0 amide bonds. The van der Waals surface area contributed by atoms with Crippen molar-refractivity contribution in [3.05, 3.63) is 53.6 Å². The van der Waals surface area contributed by atoms with Crippen LogP contribution in [0.25, 0.3) is 0 Å². The standard InChI is InChI=1S/C14H15FN2O2/c1-17-6-5-10(9-17)8-16-13-7-11(15)3-4-12(13)14(18)19-2/h3-7,9,16H,8H2,1-2H3. The highest BCUT2D eigenvalue weighted by Crippen LogP contribution is 2.19. The molecule has 1 heterocycles. The number of aryl methyl sites for hydroxylation is 1. The van der Waals surface area contributed by atoms with Gasteiger partial charge in [-0.2, -0.15) is 0 Å². The number of benzene rings is 1. The summed E-state index contributed by atoms with van der Waals surface area (Å²) in [5.41, 5.74) is 1.79. The van der Waals surface area contributed by atoms with Gasteiger partial charge in [-0.1, -0.05) is 0 Å². The van der Waals surface area contributed by atoms with Crippen molar-refractivity contribution in [2.24, 2.45) is 7.05 Å². The minimum absolute atomic E-state index is 0.319. The monoisotopic (exact) mass is 262 g/mol. The predicted molar refractivity (Wildman–Crippen MR) is 70.5 cm³/mol. The smallest absolute Gasteiger partial charge is 0.339 e. The SMILES string of the molecule is COC(=O)c1ccc(F)cc1NCc1ccn(C)c1. The van der Waals surface area contributed by atoms with Crippen molar-refractivity contribution < 1.29 is 13.9 Å². The molecule has 2 rings (SSSR count). The molecule has 2 aromatic rings. The van der Waals surface area contributed by atoms with Gasteiger partial charge in [-0.05, 0) is 29.8 Å². The Morgan fingerprint density at radius 2 is 2.21 bits per heavy atom. The van der Waals surface area contributed by atoms with Gasteiger partial charge >= 0.3 is 5.97 Å². The summed E-state index contributed by atoms with van der Waals surface area (Å²) in [4.78, 5) is 11.6. The summed E-state index contributed by atoms with van der Waals surface area (Å²) < 4.78 is 19.8. The zero-order chi connectivity index (χ0) is 13.8. The Morgan fingerprint density at radius 1 is 1.42 bits per heavy atom. The van der Waals surface area contributed by atoms with Gasteiger partial charge in [0.15, 0.2) is 0 Å². The molecule has 0 saturated heterocycles. The molecule has 0 saturated carbocycles. The Hall–Kier alpha value is -2.30. The van der Waals surface area contributed by atoms with Gasteiger partial charge in [0.05, 0.1) is 18.4 Å². The van der Waals surface area contributed by atoms with Gasteiger partial charge in [-0.15, -0.1) is 0 Å². The normalized spacial score (nSPS) is 10.3. The van der Waals surface area contributed by atoms with E-state index >= 15 is 0 Å². The first-order valence-corrected chi connectivity index (χ1v) is 5.82. The van der Waals surface area contributed by atoms with Crippen LogP contribution in [0.15, 0.2) is 36.7 Å². The first-order valence-electron chi connectivity index (χ1n) is 5.82. The Morgan fingerprint density at radius 3 is 2.84 bits per heavy atom. The number of aromatic nitrogens is 1. The number of methoxy groups -OCH3 is 1. The highest BCUT2D eigenvalue weighted by atomic mass is 19.1. The first kappa shape index (κ1) is 13.1. The average molecular weight is 262 g/mol. The van der Waals surface area contributed by atoms with Crippen LogP contribution in [-0.2, 0) is 18.3 Å². The summed E-state index contributed by atoms with van der Waals surface area (Å²) in [6, 6.07) is 5.88. The van der Waals surface area contributed by atoms with E-state index in [2.05, 4.69) is 10.1 Å². The van der Waals surface area contributed by atoms with Gasteiger partial charge in [-0.3, -0.25) is 0 Å². The number of hydrogen-bond acceptors (Lipinski definition) is 3. The van der Waals surface area contributed by atoms with Crippen LogP contribution >= 0.6 is 0 Å². The maximum atomic E-state index is 13.2. The number of nitrogens with one attached hydrogen (secondary N) is 1. The van der Waals surface area contributed by atoms with E-state index in [4.69, 9.17) is 0 Å².